The van der Waals surface area contributed by atoms with Crippen molar-refractivity contribution in [3.8, 4) is 33.4 Å². The summed E-state index contributed by atoms with van der Waals surface area (Å²) >= 11 is 0. The Morgan fingerprint density at radius 1 is 0.222 bits per heavy atom. The fraction of sp³-hybridized carbons (Fsp3) is 0. The molecule has 1 heteroatoms. The van der Waals surface area contributed by atoms with Gasteiger partial charge in [0.15, 0.2) is 0 Å². The highest BCUT2D eigenvalue weighted by molar-refractivity contribution is 5.93. The number of hydrogen-bond donors (Lipinski definition) is 0. The molecule has 0 saturated heterocycles. The van der Waals surface area contributed by atoms with Crippen molar-refractivity contribution < 1.29 is 0 Å². The monoisotopic (exact) mass is 573 g/mol. The zero-order chi connectivity index (χ0) is 30.0. The van der Waals surface area contributed by atoms with Crippen LogP contribution in [0.2, 0.25) is 0 Å². The van der Waals surface area contributed by atoms with E-state index in [4.69, 9.17) is 0 Å². The Bertz CT molecular complexity index is 2230. The predicted molar refractivity (Wildman–Crippen MR) is 192 cm³/mol. The van der Waals surface area contributed by atoms with Gasteiger partial charge in [-0.3, -0.25) is 0 Å². The Kier molecular flexibility index (Phi) is 6.90. The van der Waals surface area contributed by atoms with E-state index in [2.05, 4.69) is 193 Å². The summed E-state index contributed by atoms with van der Waals surface area (Å²) in [4.78, 5) is 2.31. The molecule has 8 aromatic rings. The molecule has 45 heavy (non-hydrogen) atoms. The number of fused-ring (bicyclic) bond motifs is 2. The van der Waals surface area contributed by atoms with Crippen LogP contribution >= 0.6 is 0 Å². The van der Waals surface area contributed by atoms with Crippen LogP contribution in [0.15, 0.2) is 188 Å². The molecule has 0 radical (unpaired) electrons. The van der Waals surface area contributed by atoms with Gasteiger partial charge >= 0.3 is 0 Å². The molecule has 0 aliphatic rings. The number of hydrogen-bond acceptors (Lipinski definition) is 1. The van der Waals surface area contributed by atoms with Crippen LogP contribution in [0, 0.1) is 0 Å². The smallest absolute Gasteiger partial charge is 0.0462 e. The van der Waals surface area contributed by atoms with E-state index in [1.807, 2.05) is 0 Å². The maximum absolute atomic E-state index is 2.31. The van der Waals surface area contributed by atoms with Gasteiger partial charge in [-0.25, -0.2) is 0 Å². The minimum Gasteiger partial charge on any atom is -0.311 e. The second-order valence-electron chi connectivity index (χ2n) is 11.5. The second kappa shape index (κ2) is 11.6. The average molecular weight is 574 g/mol. The largest absolute Gasteiger partial charge is 0.311 e. The van der Waals surface area contributed by atoms with E-state index >= 15 is 0 Å². The van der Waals surface area contributed by atoms with Crippen molar-refractivity contribution in [1.29, 1.82) is 0 Å². The Hall–Kier alpha value is -5.92. The van der Waals surface area contributed by atoms with E-state index in [-0.39, 0.29) is 0 Å². The Labute approximate surface area is 264 Å². The van der Waals surface area contributed by atoms with E-state index in [9.17, 15) is 0 Å². The zero-order valence-electron chi connectivity index (χ0n) is 24.8. The molecule has 212 valence electrons. The zero-order valence-corrected chi connectivity index (χ0v) is 24.8. The minimum atomic E-state index is 1.12. The highest BCUT2D eigenvalue weighted by Gasteiger charge is 2.13. The Morgan fingerprint density at radius 2 is 0.556 bits per heavy atom. The van der Waals surface area contributed by atoms with Gasteiger partial charge in [0, 0.05) is 17.1 Å². The fourth-order valence-corrected chi connectivity index (χ4v) is 6.23. The lowest BCUT2D eigenvalue weighted by atomic mass is 9.96. The van der Waals surface area contributed by atoms with Crippen molar-refractivity contribution in [3.05, 3.63) is 188 Å². The summed E-state index contributed by atoms with van der Waals surface area (Å²) in [5, 5.41) is 5.02. The molecule has 0 aromatic heterocycles. The lowest BCUT2D eigenvalue weighted by molar-refractivity contribution is 1.28. The molecule has 0 bridgehead atoms. The summed E-state index contributed by atoms with van der Waals surface area (Å²) in [7, 11) is 0. The van der Waals surface area contributed by atoms with Crippen molar-refractivity contribution in [2.24, 2.45) is 0 Å². The molecule has 0 aliphatic heterocycles. The van der Waals surface area contributed by atoms with E-state index in [1.165, 1.54) is 54.9 Å². The minimum absolute atomic E-state index is 1.12. The van der Waals surface area contributed by atoms with Crippen LogP contribution in [-0.4, -0.2) is 0 Å². The normalized spacial score (nSPS) is 11.1. The fourth-order valence-electron chi connectivity index (χ4n) is 6.23. The second-order valence-corrected chi connectivity index (χ2v) is 11.5. The molecule has 0 N–H and O–H groups in total. The van der Waals surface area contributed by atoms with Gasteiger partial charge in [0.05, 0.1) is 0 Å². The van der Waals surface area contributed by atoms with Gasteiger partial charge in [-0.05, 0) is 110 Å². The molecule has 0 aliphatic carbocycles. The average Bonchev–Trinajstić information content (AvgIpc) is 3.12. The van der Waals surface area contributed by atoms with Gasteiger partial charge in [0.25, 0.3) is 0 Å². The number of nitrogens with zero attached hydrogens (tertiary/aromatic N) is 1. The number of anilines is 3. The Balaban J connectivity index is 1.09. The van der Waals surface area contributed by atoms with Crippen molar-refractivity contribution >= 4 is 38.6 Å². The number of rotatable bonds is 6. The molecule has 0 unspecified atom stereocenters. The van der Waals surface area contributed by atoms with E-state index in [0.717, 1.165) is 17.1 Å². The van der Waals surface area contributed by atoms with Crippen LogP contribution in [0.25, 0.3) is 54.9 Å². The molecule has 0 spiro atoms. The van der Waals surface area contributed by atoms with Gasteiger partial charge in [0.1, 0.15) is 0 Å². The topological polar surface area (TPSA) is 3.24 Å². The van der Waals surface area contributed by atoms with Crippen molar-refractivity contribution in [2.75, 3.05) is 4.90 Å². The first-order valence-corrected chi connectivity index (χ1v) is 15.4. The van der Waals surface area contributed by atoms with E-state index in [1.54, 1.807) is 0 Å². The molecule has 8 aromatic carbocycles. The molecule has 8 rings (SSSR count). The number of benzene rings is 8. The predicted octanol–water partition coefficient (Wildman–Crippen LogP) is 12.5. The molecular weight excluding hydrogens is 542 g/mol. The summed E-state index contributed by atoms with van der Waals surface area (Å²) in [6.45, 7) is 0. The third-order valence-corrected chi connectivity index (χ3v) is 8.63. The first-order valence-electron chi connectivity index (χ1n) is 15.4. The van der Waals surface area contributed by atoms with E-state index in [0.29, 0.717) is 0 Å². The molecule has 0 atom stereocenters. The maximum atomic E-state index is 2.31. The molecule has 0 heterocycles. The van der Waals surface area contributed by atoms with Gasteiger partial charge in [-0.15, -0.1) is 0 Å². The quantitative estimate of drug-likeness (QED) is 0.191. The van der Waals surface area contributed by atoms with Crippen molar-refractivity contribution in [1.82, 2.24) is 0 Å². The van der Waals surface area contributed by atoms with Gasteiger partial charge in [0.2, 0.25) is 0 Å². The van der Waals surface area contributed by atoms with Gasteiger partial charge < -0.3 is 4.90 Å². The lowest BCUT2D eigenvalue weighted by Gasteiger charge is -2.26. The summed E-state index contributed by atoms with van der Waals surface area (Å²) in [5.74, 6) is 0. The first-order chi connectivity index (χ1) is 22.3. The number of para-hydroxylation sites is 1. The lowest BCUT2D eigenvalue weighted by Crippen LogP contribution is -2.09. The van der Waals surface area contributed by atoms with Gasteiger partial charge in [-0.2, -0.15) is 0 Å². The van der Waals surface area contributed by atoms with Gasteiger partial charge in [-0.1, -0.05) is 133 Å². The third-order valence-electron chi connectivity index (χ3n) is 8.63. The van der Waals surface area contributed by atoms with Crippen LogP contribution in [0.3, 0.4) is 0 Å². The van der Waals surface area contributed by atoms with Crippen LogP contribution in [0.5, 0.6) is 0 Å². The molecule has 0 amide bonds. The van der Waals surface area contributed by atoms with Crippen LogP contribution in [0.4, 0.5) is 17.1 Å². The molecule has 0 fully saturated rings. The SMILES string of the molecule is c1ccc(-c2ccc(N(c3ccccc3)c3ccc(-c4ccc5cc(-c6ccc7ccccc7c6)ccc5c4)cc3)cc2)cc1. The third kappa shape index (κ3) is 5.37. The summed E-state index contributed by atoms with van der Waals surface area (Å²) in [6.07, 6.45) is 0. The van der Waals surface area contributed by atoms with Crippen molar-refractivity contribution in [3.63, 3.8) is 0 Å². The molecular formula is C44H31N. The van der Waals surface area contributed by atoms with E-state index < -0.39 is 0 Å². The standard InChI is InChI=1S/C44H31N/c1-3-9-32(10-4-1)34-21-25-43(26-22-34)45(42-13-5-2-6-14-42)44-27-23-35(24-28-44)37-17-18-40-31-41(20-19-39(40)30-37)38-16-15-33-11-7-8-12-36(33)29-38/h1-31H. The molecule has 0 saturated carbocycles. The first kappa shape index (κ1) is 26.7. The summed E-state index contributed by atoms with van der Waals surface area (Å²) in [5.41, 5.74) is 10.7. The van der Waals surface area contributed by atoms with Crippen LogP contribution in [-0.2, 0) is 0 Å². The van der Waals surface area contributed by atoms with Crippen LogP contribution < -0.4 is 4.90 Å². The Morgan fingerprint density at radius 3 is 1.11 bits per heavy atom. The summed E-state index contributed by atoms with van der Waals surface area (Å²) < 4.78 is 0. The highest BCUT2D eigenvalue weighted by atomic mass is 15.1. The summed E-state index contributed by atoms with van der Waals surface area (Å²) in [6, 6.07) is 67.6. The highest BCUT2D eigenvalue weighted by Crippen LogP contribution is 2.37. The van der Waals surface area contributed by atoms with Crippen LogP contribution in [0.1, 0.15) is 0 Å². The van der Waals surface area contributed by atoms with Crippen molar-refractivity contribution in [2.45, 2.75) is 0 Å². The maximum Gasteiger partial charge on any atom is 0.0462 e. The molecule has 1 nitrogen and oxygen atoms in total.